The van der Waals surface area contributed by atoms with E-state index < -0.39 is 22.2 Å². The smallest absolute Gasteiger partial charge is 0.315 e. The van der Waals surface area contributed by atoms with Crippen LogP contribution in [0.5, 0.6) is 0 Å². The molecule has 0 aromatic carbocycles. The molecule has 0 atom stereocenters. The molecule has 0 aliphatic heterocycles. The number of hydrogen-bond acceptors (Lipinski definition) is 8. The van der Waals surface area contributed by atoms with Crippen LogP contribution in [0, 0.1) is 0 Å². The third kappa shape index (κ3) is 5.97. The maximum absolute atomic E-state index is 11.8. The van der Waals surface area contributed by atoms with Gasteiger partial charge in [-0.2, -0.15) is 8.78 Å². The van der Waals surface area contributed by atoms with E-state index in [1.165, 1.54) is 24.5 Å². The van der Waals surface area contributed by atoms with Crippen LogP contribution < -0.4 is 22.5 Å². The Morgan fingerprint density at radius 3 is 2.35 bits per heavy atom. The van der Waals surface area contributed by atoms with Gasteiger partial charge in [-0.1, -0.05) is 11.6 Å². The van der Waals surface area contributed by atoms with Gasteiger partial charge >= 0.3 is 6.43 Å². The van der Waals surface area contributed by atoms with E-state index in [-0.39, 0.29) is 32.9 Å². The summed E-state index contributed by atoms with van der Waals surface area (Å²) in [6.07, 6.45) is 0.464. The summed E-state index contributed by atoms with van der Waals surface area (Å²) in [6.45, 7) is 0. The molecule has 0 fully saturated rings. The number of pyridine rings is 2. The minimum absolute atomic E-state index is 0.0139. The van der Waals surface area contributed by atoms with Crippen molar-refractivity contribution in [3.63, 3.8) is 0 Å². The molecule has 0 saturated carbocycles. The van der Waals surface area contributed by atoms with Gasteiger partial charge in [0.1, 0.15) is 5.82 Å². The molecule has 9 nitrogen and oxygen atoms in total. The number of carbonyl (C=O) groups is 1. The van der Waals surface area contributed by atoms with Crippen molar-refractivity contribution in [2.24, 2.45) is 0 Å². The Balaban J connectivity index is 0.000000263. The third-order valence-corrected chi connectivity index (χ3v) is 4.07. The number of nitrogens with two attached hydrogens (primary N) is 3. The van der Waals surface area contributed by atoms with Gasteiger partial charge < -0.3 is 22.5 Å². The van der Waals surface area contributed by atoms with Crippen LogP contribution in [0.25, 0.3) is 0 Å². The molecule has 2 rings (SSSR count). The molecule has 26 heavy (non-hydrogen) atoms. The minimum Gasteiger partial charge on any atom is -0.396 e. The van der Waals surface area contributed by atoms with Crippen molar-refractivity contribution in [3.05, 3.63) is 29.5 Å². The number of aromatic nitrogens is 2. The molecule has 142 valence electrons. The molecular formula is C13H15ClF2N6O3S. The highest BCUT2D eigenvalue weighted by Gasteiger charge is 2.16. The predicted molar refractivity (Wildman–Crippen MR) is 94.5 cm³/mol. The van der Waals surface area contributed by atoms with Crippen molar-refractivity contribution in [1.29, 1.82) is 0 Å². The summed E-state index contributed by atoms with van der Waals surface area (Å²) < 4.78 is 45.7. The number of rotatable bonds is 3. The van der Waals surface area contributed by atoms with Crippen LogP contribution in [0.2, 0.25) is 5.02 Å². The maximum atomic E-state index is 11.8. The summed E-state index contributed by atoms with van der Waals surface area (Å²) in [4.78, 5) is 17.8. The Bertz CT molecular complexity index is 911. The Hall–Kier alpha value is -2.73. The number of nitrogens with one attached hydrogen (secondary N) is 1. The normalized spacial score (nSPS) is 10.8. The fourth-order valence-corrected chi connectivity index (χ4v) is 2.50. The molecule has 2 aromatic heterocycles. The molecule has 0 saturated heterocycles. The standard InChI is InChI=1S/C7H6ClF2N3O.C6H9N3O2S/c8-3-1-4(11)6(12-2-3)13-7(14)5(9)10;1-12(10,11)4-2-3-9-6(8)5(4)7/h1-2,5H,11H2,(H,12,13,14);2-3H,7H2,1H3,(H2,8,9). The fraction of sp³-hybridized carbons (Fsp3) is 0.154. The minimum atomic E-state index is -3.30. The van der Waals surface area contributed by atoms with Crippen molar-refractivity contribution < 1.29 is 22.0 Å². The quantitative estimate of drug-likeness (QED) is 0.586. The Morgan fingerprint density at radius 1 is 1.27 bits per heavy atom. The van der Waals surface area contributed by atoms with Crippen LogP contribution in [0.3, 0.4) is 0 Å². The van der Waals surface area contributed by atoms with Crippen molar-refractivity contribution in [1.82, 2.24) is 9.97 Å². The zero-order chi connectivity index (χ0) is 20.1. The van der Waals surface area contributed by atoms with Gasteiger partial charge in [0.2, 0.25) is 0 Å². The molecule has 0 unspecified atom stereocenters. The van der Waals surface area contributed by atoms with Crippen molar-refractivity contribution in [3.8, 4) is 0 Å². The Labute approximate surface area is 152 Å². The Morgan fingerprint density at radius 2 is 1.88 bits per heavy atom. The third-order valence-electron chi connectivity index (χ3n) is 2.70. The summed E-state index contributed by atoms with van der Waals surface area (Å²) in [5.41, 5.74) is 16.1. The molecule has 2 heterocycles. The molecule has 0 spiro atoms. The van der Waals surface area contributed by atoms with Crippen LogP contribution in [0.1, 0.15) is 0 Å². The number of carbonyl (C=O) groups excluding carboxylic acids is 1. The van der Waals surface area contributed by atoms with Gasteiger partial charge in [-0.25, -0.2) is 18.4 Å². The molecule has 7 N–H and O–H groups in total. The van der Waals surface area contributed by atoms with E-state index in [0.717, 1.165) is 6.26 Å². The molecule has 13 heteroatoms. The molecule has 2 aromatic rings. The van der Waals surface area contributed by atoms with Gasteiger partial charge in [0.15, 0.2) is 15.7 Å². The first-order valence-electron chi connectivity index (χ1n) is 6.63. The molecule has 0 aliphatic carbocycles. The lowest BCUT2D eigenvalue weighted by atomic mass is 10.4. The van der Waals surface area contributed by atoms with E-state index in [2.05, 4.69) is 9.97 Å². The number of hydrogen-bond donors (Lipinski definition) is 4. The summed E-state index contributed by atoms with van der Waals surface area (Å²) in [6, 6.07) is 2.62. The molecular weight excluding hydrogens is 394 g/mol. The van der Waals surface area contributed by atoms with Gasteiger partial charge in [-0.3, -0.25) is 4.79 Å². The van der Waals surface area contributed by atoms with Crippen molar-refractivity contribution in [2.45, 2.75) is 11.3 Å². The van der Waals surface area contributed by atoms with E-state index >= 15 is 0 Å². The fourth-order valence-electron chi connectivity index (χ4n) is 1.52. The molecule has 0 aliphatic rings. The first-order valence-corrected chi connectivity index (χ1v) is 8.90. The monoisotopic (exact) mass is 408 g/mol. The number of alkyl halides is 2. The zero-order valence-electron chi connectivity index (χ0n) is 13.3. The van der Waals surface area contributed by atoms with Gasteiger partial charge in [0.25, 0.3) is 5.91 Å². The van der Waals surface area contributed by atoms with Gasteiger partial charge in [-0.05, 0) is 12.1 Å². The first kappa shape index (κ1) is 21.3. The lowest BCUT2D eigenvalue weighted by Crippen LogP contribution is -2.21. The van der Waals surface area contributed by atoms with E-state index in [1.54, 1.807) is 0 Å². The number of amides is 1. The maximum Gasteiger partial charge on any atom is 0.315 e. The molecule has 0 radical (unpaired) electrons. The average molecular weight is 409 g/mol. The largest absolute Gasteiger partial charge is 0.396 e. The van der Waals surface area contributed by atoms with Gasteiger partial charge in [0, 0.05) is 18.6 Å². The first-order chi connectivity index (χ1) is 11.9. The lowest BCUT2D eigenvalue weighted by molar-refractivity contribution is -0.126. The highest BCUT2D eigenvalue weighted by molar-refractivity contribution is 7.90. The number of anilines is 4. The van der Waals surface area contributed by atoms with Crippen LogP contribution in [-0.2, 0) is 14.6 Å². The number of sulfone groups is 1. The van der Waals surface area contributed by atoms with Crippen LogP contribution >= 0.6 is 11.6 Å². The van der Waals surface area contributed by atoms with Crippen LogP contribution in [0.15, 0.2) is 29.4 Å². The van der Waals surface area contributed by atoms with E-state index in [9.17, 15) is 22.0 Å². The highest BCUT2D eigenvalue weighted by Crippen LogP contribution is 2.21. The van der Waals surface area contributed by atoms with E-state index in [0.29, 0.717) is 0 Å². The number of nitrogen functional groups attached to an aromatic ring is 3. The summed E-state index contributed by atoms with van der Waals surface area (Å²) in [5.74, 6) is -1.54. The SMILES string of the molecule is CS(=O)(=O)c1ccnc(N)c1N.Nc1cc(Cl)cnc1NC(=O)C(F)F. The average Bonchev–Trinajstić information content (AvgIpc) is 2.52. The molecule has 1 amide bonds. The van der Waals surface area contributed by atoms with Crippen LogP contribution in [0.4, 0.5) is 31.8 Å². The molecule has 0 bridgehead atoms. The summed E-state index contributed by atoms with van der Waals surface area (Å²) >= 11 is 5.51. The second kappa shape index (κ2) is 8.58. The van der Waals surface area contributed by atoms with Gasteiger partial charge in [-0.15, -0.1) is 0 Å². The summed E-state index contributed by atoms with van der Waals surface area (Å²) in [7, 11) is -3.30. The van der Waals surface area contributed by atoms with E-state index in [4.69, 9.17) is 28.8 Å². The highest BCUT2D eigenvalue weighted by atomic mass is 35.5. The lowest BCUT2D eigenvalue weighted by Gasteiger charge is -2.05. The topological polar surface area (TPSA) is 167 Å². The predicted octanol–water partition coefficient (Wildman–Crippen LogP) is 1.17. The Kier molecular flexibility index (Phi) is 7.03. The van der Waals surface area contributed by atoms with Crippen molar-refractivity contribution in [2.75, 3.05) is 28.8 Å². The number of nitrogens with zero attached hydrogens (tertiary/aromatic N) is 2. The van der Waals surface area contributed by atoms with Gasteiger partial charge in [0.05, 0.1) is 21.3 Å². The summed E-state index contributed by atoms with van der Waals surface area (Å²) in [5, 5.41) is 2.11. The second-order valence-electron chi connectivity index (χ2n) is 4.76. The zero-order valence-corrected chi connectivity index (χ0v) is 14.9. The number of halogens is 3. The van der Waals surface area contributed by atoms with E-state index in [1.807, 2.05) is 5.32 Å². The van der Waals surface area contributed by atoms with Crippen molar-refractivity contribution >= 4 is 50.4 Å². The second-order valence-corrected chi connectivity index (χ2v) is 7.18. The van der Waals surface area contributed by atoms with Crippen LogP contribution in [-0.4, -0.2) is 37.0 Å².